The fourth-order valence-electron chi connectivity index (χ4n) is 5.00. The van der Waals surface area contributed by atoms with Crippen molar-refractivity contribution in [3.8, 4) is 5.88 Å². The number of piperazine rings is 1. The van der Waals surface area contributed by atoms with Gasteiger partial charge in [0.05, 0.1) is 34.3 Å². The Morgan fingerprint density at radius 2 is 2.00 bits per heavy atom. The molecule has 8 nitrogen and oxygen atoms in total. The van der Waals surface area contributed by atoms with Gasteiger partial charge in [0.2, 0.25) is 5.88 Å². The number of carbonyl (C=O) groups excluding carboxylic acids is 2. The minimum atomic E-state index is -0.658. The number of fused-ring (bicyclic) bond motifs is 4. The van der Waals surface area contributed by atoms with Crippen LogP contribution >= 0.6 is 27.5 Å². The molecule has 0 unspecified atom stereocenters. The number of carbonyl (C=O) groups is 1. The number of anilines is 2. The Bertz CT molecular complexity index is 1310. The minimum Gasteiger partial charge on any atom is -0.471 e. The van der Waals surface area contributed by atoms with E-state index in [0.29, 0.717) is 35.5 Å². The van der Waals surface area contributed by atoms with Crippen molar-refractivity contribution in [3.63, 3.8) is 0 Å². The van der Waals surface area contributed by atoms with Crippen molar-refractivity contribution in [3.05, 3.63) is 27.1 Å². The van der Waals surface area contributed by atoms with E-state index in [-0.39, 0.29) is 39.6 Å². The average Bonchev–Trinajstić information content (AvgIpc) is 2.76. The molecule has 0 radical (unpaired) electrons. The molecule has 11 heteroatoms. The molecule has 1 fully saturated rings. The van der Waals surface area contributed by atoms with Gasteiger partial charge in [0.15, 0.2) is 5.82 Å². The molecule has 5 rings (SSSR count). The Balaban J connectivity index is 1.72. The molecule has 3 aliphatic heterocycles. The van der Waals surface area contributed by atoms with Gasteiger partial charge in [-0.25, -0.2) is 19.0 Å². The number of aromatic nitrogens is 1. The molecular formula is C24H25BrClFN4O4. The van der Waals surface area contributed by atoms with E-state index < -0.39 is 23.6 Å². The van der Waals surface area contributed by atoms with Gasteiger partial charge >= 0.3 is 6.09 Å². The van der Waals surface area contributed by atoms with Crippen LogP contribution in [0.4, 0.5) is 20.6 Å². The first-order chi connectivity index (χ1) is 16.4. The summed E-state index contributed by atoms with van der Waals surface area (Å²) < 4.78 is 27.1. The summed E-state index contributed by atoms with van der Waals surface area (Å²) in [4.78, 5) is 35.3. The second kappa shape index (κ2) is 8.25. The van der Waals surface area contributed by atoms with Crippen LogP contribution in [0.3, 0.4) is 0 Å². The molecule has 0 aliphatic carbocycles. The van der Waals surface area contributed by atoms with Gasteiger partial charge in [0.1, 0.15) is 34.5 Å². The van der Waals surface area contributed by atoms with Gasteiger partial charge in [0, 0.05) is 18.0 Å². The van der Waals surface area contributed by atoms with Crippen LogP contribution in [0.5, 0.6) is 5.88 Å². The molecule has 0 N–H and O–H groups in total. The molecule has 1 amide bonds. The number of hydrogen-bond donors (Lipinski definition) is 0. The zero-order valence-electron chi connectivity index (χ0n) is 20.0. The monoisotopic (exact) mass is 566 g/mol. The lowest BCUT2D eigenvalue weighted by molar-refractivity contribution is 0.0133. The highest BCUT2D eigenvalue weighted by Gasteiger charge is 2.48. The zero-order valence-corrected chi connectivity index (χ0v) is 22.3. The Kier molecular flexibility index (Phi) is 5.69. The number of nitrogens with zero attached hydrogens (tertiary/aromatic N) is 4. The number of rotatable bonds is 0. The van der Waals surface area contributed by atoms with E-state index in [2.05, 4.69) is 26.9 Å². The number of hydrogen-bond acceptors (Lipinski definition) is 7. The van der Waals surface area contributed by atoms with Gasteiger partial charge in [-0.3, -0.25) is 0 Å². The van der Waals surface area contributed by atoms with E-state index in [1.807, 2.05) is 44.4 Å². The van der Waals surface area contributed by atoms with E-state index in [4.69, 9.17) is 21.1 Å². The van der Waals surface area contributed by atoms with Crippen molar-refractivity contribution in [2.75, 3.05) is 29.4 Å². The fourth-order valence-corrected chi connectivity index (χ4v) is 5.50. The topological polar surface area (TPSA) is 75.2 Å². The number of amides is 1. The van der Waals surface area contributed by atoms with Crippen LogP contribution < -0.4 is 14.5 Å². The Labute approximate surface area is 215 Å². The van der Waals surface area contributed by atoms with E-state index in [1.165, 1.54) is 0 Å². The zero-order chi connectivity index (χ0) is 25.4. The Hall–Kier alpha value is -2.55. The van der Waals surface area contributed by atoms with Gasteiger partial charge in [-0.2, -0.15) is 0 Å². The summed E-state index contributed by atoms with van der Waals surface area (Å²) in [5, 5.41) is 0.712. The third-order valence-electron chi connectivity index (χ3n) is 6.42. The first-order valence-electron chi connectivity index (χ1n) is 11.4. The molecular weight excluding hydrogens is 543 g/mol. The number of halogens is 3. The van der Waals surface area contributed by atoms with Crippen molar-refractivity contribution in [2.24, 2.45) is 0 Å². The first kappa shape index (κ1) is 24.2. The molecule has 3 aliphatic rings. The second-order valence-corrected chi connectivity index (χ2v) is 11.4. The second-order valence-electron chi connectivity index (χ2n) is 10.2. The third kappa shape index (κ3) is 3.82. The van der Waals surface area contributed by atoms with E-state index in [0.717, 1.165) is 0 Å². The van der Waals surface area contributed by atoms with E-state index >= 15 is 4.39 Å². The predicted molar refractivity (Wildman–Crippen MR) is 135 cm³/mol. The van der Waals surface area contributed by atoms with E-state index in [1.54, 1.807) is 11.0 Å². The highest BCUT2D eigenvalue weighted by atomic mass is 79.9. The van der Waals surface area contributed by atoms with Gasteiger partial charge in [-0.05, 0) is 56.6 Å². The summed E-state index contributed by atoms with van der Waals surface area (Å²) in [6.45, 7) is 10.2. The first-order valence-corrected chi connectivity index (χ1v) is 12.5. The number of benzene rings is 1. The van der Waals surface area contributed by atoms with E-state index in [9.17, 15) is 9.59 Å². The summed E-state index contributed by atoms with van der Waals surface area (Å²) in [6.07, 6.45) is -0.757. The van der Waals surface area contributed by atoms with Crippen molar-refractivity contribution >= 4 is 61.8 Å². The molecule has 4 heterocycles. The average molecular weight is 568 g/mol. The summed E-state index contributed by atoms with van der Waals surface area (Å²) in [5.74, 6) is 1.76. The van der Waals surface area contributed by atoms with Crippen molar-refractivity contribution < 1.29 is 23.5 Å². The largest absolute Gasteiger partial charge is 0.471 e. The molecule has 3 atom stereocenters. The summed E-state index contributed by atoms with van der Waals surface area (Å²) in [7, 11) is 0. The van der Waals surface area contributed by atoms with Crippen LogP contribution in [0.1, 0.15) is 34.6 Å². The Morgan fingerprint density at radius 1 is 1.29 bits per heavy atom. The highest BCUT2D eigenvalue weighted by Crippen LogP contribution is 2.52. The molecule has 1 aromatic heterocycles. The van der Waals surface area contributed by atoms with Gasteiger partial charge in [0.25, 0.3) is 0 Å². The summed E-state index contributed by atoms with van der Waals surface area (Å²) in [6, 6.07) is 0.900. The smallest absolute Gasteiger partial charge is 0.410 e. The number of pyridine rings is 1. The quantitative estimate of drug-likeness (QED) is 0.330. The lowest BCUT2D eigenvalue weighted by atomic mass is 9.95. The Morgan fingerprint density at radius 3 is 2.66 bits per heavy atom. The lowest BCUT2D eigenvalue weighted by Crippen LogP contribution is -2.64. The van der Waals surface area contributed by atoms with Crippen LogP contribution in [0.15, 0.2) is 16.2 Å². The molecule has 0 saturated carbocycles. The standard InChI is InChI=1S/C24H25BrClFN4O4/c1-11-7-30-15(9-29(11)23(33)35-24(3,4)5)16(10-32)31-8-12(2)34-22-21(31)20(30)13-6-14(26)17(25)18(27)19(13)28-22/h6,11-12,15H,7-9H2,1-5H3/t11-,12-,15-/m1/s1. The van der Waals surface area contributed by atoms with Crippen LogP contribution in [0, 0.1) is 5.82 Å². The van der Waals surface area contributed by atoms with Gasteiger partial charge in [-0.1, -0.05) is 11.6 Å². The maximum absolute atomic E-state index is 15.3. The number of ether oxygens (including phenoxy) is 2. The third-order valence-corrected chi connectivity index (χ3v) is 7.72. The maximum Gasteiger partial charge on any atom is 0.410 e. The van der Waals surface area contributed by atoms with Crippen LogP contribution in [0.2, 0.25) is 5.02 Å². The molecule has 186 valence electrons. The van der Waals surface area contributed by atoms with Crippen LogP contribution in [-0.4, -0.2) is 65.3 Å². The predicted octanol–water partition coefficient (Wildman–Crippen LogP) is 4.92. The SMILES string of the molecule is C[C@@H]1CN2C(=C=O)[C@H]3CN(C(=O)OC(C)(C)C)[C@H](C)CN3c3c2c(nc2c(F)c(Br)c(Cl)cc32)O1. The van der Waals surface area contributed by atoms with Crippen molar-refractivity contribution in [1.29, 1.82) is 0 Å². The fraction of sp³-hybridized carbons (Fsp3) is 0.500. The lowest BCUT2D eigenvalue weighted by Gasteiger charge is -2.53. The van der Waals surface area contributed by atoms with Gasteiger partial charge in [-0.15, -0.1) is 0 Å². The molecule has 0 spiro atoms. The molecule has 2 aromatic rings. The normalized spacial score (nSPS) is 23.5. The molecule has 35 heavy (non-hydrogen) atoms. The van der Waals surface area contributed by atoms with Crippen LogP contribution in [0.25, 0.3) is 10.9 Å². The highest BCUT2D eigenvalue weighted by molar-refractivity contribution is 9.10. The maximum atomic E-state index is 15.3. The van der Waals surface area contributed by atoms with Gasteiger partial charge < -0.3 is 24.2 Å². The minimum absolute atomic E-state index is 0.114. The van der Waals surface area contributed by atoms with Crippen molar-refractivity contribution in [2.45, 2.75) is 58.4 Å². The molecule has 1 aromatic carbocycles. The molecule has 1 saturated heterocycles. The van der Waals surface area contributed by atoms with Crippen LogP contribution in [-0.2, 0) is 9.53 Å². The summed E-state index contributed by atoms with van der Waals surface area (Å²) in [5.41, 5.74) is 1.09. The summed E-state index contributed by atoms with van der Waals surface area (Å²) >= 11 is 9.56. The molecule has 0 bridgehead atoms. The van der Waals surface area contributed by atoms with Crippen molar-refractivity contribution in [1.82, 2.24) is 9.88 Å².